The monoisotopic (exact) mass is 262 g/mol. The van der Waals surface area contributed by atoms with Crippen molar-refractivity contribution in [3.05, 3.63) is 29.3 Å². The highest BCUT2D eigenvalue weighted by Gasteiger charge is 2.20. The van der Waals surface area contributed by atoms with Crippen molar-refractivity contribution in [2.45, 2.75) is 45.1 Å². The lowest BCUT2D eigenvalue weighted by Gasteiger charge is -2.34. The van der Waals surface area contributed by atoms with E-state index in [2.05, 4.69) is 37.1 Å². The van der Waals surface area contributed by atoms with Crippen molar-refractivity contribution in [2.75, 3.05) is 11.9 Å². The van der Waals surface area contributed by atoms with Crippen LogP contribution in [0.4, 0.5) is 5.69 Å². The summed E-state index contributed by atoms with van der Waals surface area (Å²) in [6.07, 6.45) is 6.61. The molecule has 0 bridgehead atoms. The van der Waals surface area contributed by atoms with Gasteiger partial charge in [0, 0.05) is 24.3 Å². The Morgan fingerprint density at radius 1 is 1.28 bits per heavy atom. The number of nitrogens with two attached hydrogens (primary N) is 1. The van der Waals surface area contributed by atoms with E-state index in [1.807, 2.05) is 0 Å². The number of anilines is 1. The molecule has 2 nitrogen and oxygen atoms in total. The molecule has 0 amide bonds. The number of aryl methyl sites for hydroxylation is 1. The van der Waals surface area contributed by atoms with Crippen LogP contribution in [0, 0.1) is 6.92 Å². The van der Waals surface area contributed by atoms with E-state index in [0.717, 1.165) is 5.56 Å². The second-order valence-electron chi connectivity index (χ2n) is 5.29. The van der Waals surface area contributed by atoms with Crippen LogP contribution < -0.4 is 10.6 Å². The van der Waals surface area contributed by atoms with Gasteiger partial charge in [0.2, 0.25) is 0 Å². The van der Waals surface area contributed by atoms with Gasteiger partial charge in [0.15, 0.2) is 0 Å². The van der Waals surface area contributed by atoms with Crippen molar-refractivity contribution in [1.29, 1.82) is 0 Å². The molecule has 1 fully saturated rings. The average Bonchev–Trinajstić information content (AvgIpc) is 2.39. The van der Waals surface area contributed by atoms with Crippen molar-refractivity contribution < 1.29 is 0 Å². The molecule has 1 saturated carbocycles. The van der Waals surface area contributed by atoms with Gasteiger partial charge in [-0.25, -0.2) is 0 Å². The van der Waals surface area contributed by atoms with Crippen LogP contribution in [-0.2, 0) is 0 Å². The van der Waals surface area contributed by atoms with E-state index in [1.165, 1.54) is 43.4 Å². The Morgan fingerprint density at radius 3 is 2.56 bits per heavy atom. The Bertz CT molecular complexity index is 436. The zero-order chi connectivity index (χ0) is 13.1. The molecule has 3 heteroatoms. The number of rotatable bonds is 3. The predicted octanol–water partition coefficient (Wildman–Crippen LogP) is 3.40. The molecule has 2 rings (SSSR count). The molecule has 2 N–H and O–H groups in total. The molecular formula is C15H22N2S. The van der Waals surface area contributed by atoms with Crippen molar-refractivity contribution in [1.82, 2.24) is 0 Å². The normalized spacial score (nSPS) is 16.6. The maximum absolute atomic E-state index is 5.86. The fourth-order valence-corrected chi connectivity index (χ4v) is 2.98. The second kappa shape index (κ2) is 5.70. The lowest BCUT2D eigenvalue weighted by molar-refractivity contribution is 0.427. The van der Waals surface area contributed by atoms with Gasteiger partial charge in [-0.15, -0.1) is 0 Å². The lowest BCUT2D eigenvalue weighted by atomic mass is 9.93. The van der Waals surface area contributed by atoms with Gasteiger partial charge < -0.3 is 10.6 Å². The molecule has 0 unspecified atom stereocenters. The fourth-order valence-electron chi connectivity index (χ4n) is 2.82. The van der Waals surface area contributed by atoms with Gasteiger partial charge in [-0.05, 0) is 31.9 Å². The minimum atomic E-state index is 0.497. The maximum Gasteiger partial charge on any atom is 0.106 e. The van der Waals surface area contributed by atoms with E-state index in [-0.39, 0.29) is 0 Å². The van der Waals surface area contributed by atoms with Crippen LogP contribution >= 0.6 is 12.2 Å². The van der Waals surface area contributed by atoms with Crippen molar-refractivity contribution >= 4 is 22.9 Å². The smallest absolute Gasteiger partial charge is 0.106 e. The first-order valence-electron chi connectivity index (χ1n) is 6.73. The summed E-state index contributed by atoms with van der Waals surface area (Å²) in [6, 6.07) is 7.01. The first-order valence-corrected chi connectivity index (χ1v) is 7.13. The maximum atomic E-state index is 5.86. The average molecular weight is 262 g/mol. The van der Waals surface area contributed by atoms with E-state index in [1.54, 1.807) is 0 Å². The van der Waals surface area contributed by atoms with E-state index in [9.17, 15) is 0 Å². The highest BCUT2D eigenvalue weighted by atomic mass is 32.1. The molecule has 0 heterocycles. The molecule has 0 aliphatic heterocycles. The zero-order valence-corrected chi connectivity index (χ0v) is 12.1. The second-order valence-corrected chi connectivity index (χ2v) is 5.73. The Hall–Kier alpha value is -1.09. The van der Waals surface area contributed by atoms with Crippen LogP contribution in [0.25, 0.3) is 0 Å². The molecular weight excluding hydrogens is 240 g/mol. The van der Waals surface area contributed by atoms with E-state index in [0.29, 0.717) is 11.0 Å². The molecule has 1 aliphatic rings. The molecule has 1 aliphatic carbocycles. The third kappa shape index (κ3) is 2.83. The Kier molecular flexibility index (Phi) is 4.23. The molecule has 1 aromatic carbocycles. The number of benzene rings is 1. The van der Waals surface area contributed by atoms with Gasteiger partial charge in [-0.2, -0.15) is 0 Å². The first kappa shape index (κ1) is 13.3. The fraction of sp³-hybridized carbons (Fsp3) is 0.533. The number of nitrogens with zero attached hydrogens (tertiary/aromatic N) is 1. The minimum Gasteiger partial charge on any atom is -0.389 e. The summed E-state index contributed by atoms with van der Waals surface area (Å²) < 4.78 is 0. The Balaban J connectivity index is 2.28. The predicted molar refractivity (Wildman–Crippen MR) is 82.3 cm³/mol. The molecule has 0 spiro atoms. The molecule has 98 valence electrons. The SMILES string of the molecule is Cc1ccc(N(C)C2CCCCC2)c(C(N)=S)c1. The molecule has 0 atom stereocenters. The standard InChI is InChI=1S/C15H22N2S/c1-11-8-9-14(13(10-11)15(16)18)17(2)12-6-4-3-5-7-12/h8-10,12H,3-7H2,1-2H3,(H2,16,18). The summed E-state index contributed by atoms with van der Waals surface area (Å²) in [5.74, 6) is 0. The van der Waals surface area contributed by atoms with Crippen LogP contribution in [0.15, 0.2) is 18.2 Å². The van der Waals surface area contributed by atoms with Gasteiger partial charge in [0.05, 0.1) is 0 Å². The summed E-state index contributed by atoms with van der Waals surface area (Å²) in [4.78, 5) is 2.86. The summed E-state index contributed by atoms with van der Waals surface area (Å²) in [5.41, 5.74) is 9.26. The topological polar surface area (TPSA) is 29.3 Å². The van der Waals surface area contributed by atoms with Crippen LogP contribution in [0.1, 0.15) is 43.2 Å². The van der Waals surface area contributed by atoms with Gasteiger partial charge in [-0.1, -0.05) is 43.1 Å². The third-order valence-corrected chi connectivity index (χ3v) is 4.14. The number of hydrogen-bond acceptors (Lipinski definition) is 2. The Labute approximate surface area is 115 Å². The lowest BCUT2D eigenvalue weighted by Crippen LogP contribution is -2.34. The van der Waals surface area contributed by atoms with Gasteiger partial charge >= 0.3 is 0 Å². The number of hydrogen-bond donors (Lipinski definition) is 1. The van der Waals surface area contributed by atoms with Crippen LogP contribution in [0.5, 0.6) is 0 Å². The minimum absolute atomic E-state index is 0.497. The summed E-state index contributed by atoms with van der Waals surface area (Å²) in [5, 5.41) is 0. The van der Waals surface area contributed by atoms with Crippen molar-refractivity contribution in [3.8, 4) is 0 Å². The van der Waals surface area contributed by atoms with Crippen LogP contribution in [-0.4, -0.2) is 18.1 Å². The highest BCUT2D eigenvalue weighted by Crippen LogP contribution is 2.29. The summed E-state index contributed by atoms with van der Waals surface area (Å²) >= 11 is 5.18. The van der Waals surface area contributed by atoms with Gasteiger partial charge in [-0.3, -0.25) is 0 Å². The van der Waals surface area contributed by atoms with Crippen molar-refractivity contribution in [3.63, 3.8) is 0 Å². The Morgan fingerprint density at radius 2 is 1.94 bits per heavy atom. The zero-order valence-electron chi connectivity index (χ0n) is 11.3. The largest absolute Gasteiger partial charge is 0.389 e. The van der Waals surface area contributed by atoms with E-state index < -0.39 is 0 Å². The van der Waals surface area contributed by atoms with Crippen LogP contribution in [0.2, 0.25) is 0 Å². The summed E-state index contributed by atoms with van der Waals surface area (Å²) in [7, 11) is 2.17. The molecule has 0 aromatic heterocycles. The number of thiocarbonyl (C=S) groups is 1. The van der Waals surface area contributed by atoms with E-state index in [4.69, 9.17) is 18.0 Å². The highest BCUT2D eigenvalue weighted by molar-refractivity contribution is 7.80. The quantitative estimate of drug-likeness (QED) is 0.847. The van der Waals surface area contributed by atoms with E-state index >= 15 is 0 Å². The van der Waals surface area contributed by atoms with Crippen molar-refractivity contribution in [2.24, 2.45) is 5.73 Å². The molecule has 0 saturated heterocycles. The first-order chi connectivity index (χ1) is 8.59. The van der Waals surface area contributed by atoms with Gasteiger partial charge in [0.25, 0.3) is 0 Å². The summed E-state index contributed by atoms with van der Waals surface area (Å²) in [6.45, 7) is 2.08. The van der Waals surface area contributed by atoms with Crippen LogP contribution in [0.3, 0.4) is 0 Å². The third-order valence-electron chi connectivity index (χ3n) is 3.92. The van der Waals surface area contributed by atoms with Gasteiger partial charge in [0.1, 0.15) is 4.99 Å². The molecule has 0 radical (unpaired) electrons. The molecule has 18 heavy (non-hydrogen) atoms. The molecule has 1 aromatic rings.